The molecule has 2 N–H and O–H groups in total. The van der Waals surface area contributed by atoms with Gasteiger partial charge in [-0.15, -0.1) is 0 Å². The monoisotopic (exact) mass is 296 g/mol. The second kappa shape index (κ2) is 6.53. The van der Waals surface area contributed by atoms with E-state index in [9.17, 15) is 0 Å². The molecule has 1 saturated heterocycles. The van der Waals surface area contributed by atoms with Gasteiger partial charge in [-0.2, -0.15) is 0 Å². The summed E-state index contributed by atoms with van der Waals surface area (Å²) in [7, 11) is 0. The molecule has 17 heavy (non-hydrogen) atoms. The summed E-state index contributed by atoms with van der Waals surface area (Å²) in [6, 6.07) is 8.70. The topological polar surface area (TPSA) is 29.3 Å². The highest BCUT2D eigenvalue weighted by atomic mass is 79.9. The van der Waals surface area contributed by atoms with Gasteiger partial charge in [0.25, 0.3) is 0 Å². The van der Waals surface area contributed by atoms with E-state index in [4.69, 9.17) is 5.73 Å². The maximum Gasteiger partial charge on any atom is 0.0208 e. The van der Waals surface area contributed by atoms with Crippen LogP contribution in [0.5, 0.6) is 0 Å². The zero-order valence-corrected chi connectivity index (χ0v) is 11.8. The Morgan fingerprint density at radius 3 is 2.71 bits per heavy atom. The van der Waals surface area contributed by atoms with E-state index in [-0.39, 0.29) is 6.04 Å². The Labute approximate surface area is 112 Å². The predicted octanol–water partition coefficient (Wildman–Crippen LogP) is 2.80. The molecule has 1 heterocycles. The van der Waals surface area contributed by atoms with Gasteiger partial charge < -0.3 is 10.6 Å². The van der Waals surface area contributed by atoms with Crippen molar-refractivity contribution in [2.24, 2.45) is 5.73 Å². The zero-order valence-electron chi connectivity index (χ0n) is 10.2. The van der Waals surface area contributed by atoms with E-state index in [1.54, 1.807) is 0 Å². The third-order valence-electron chi connectivity index (χ3n) is 3.33. The van der Waals surface area contributed by atoms with Gasteiger partial charge in [-0.1, -0.05) is 34.5 Å². The fourth-order valence-electron chi connectivity index (χ4n) is 2.50. The minimum Gasteiger partial charge on any atom is -0.326 e. The van der Waals surface area contributed by atoms with Crippen LogP contribution < -0.4 is 5.73 Å². The van der Waals surface area contributed by atoms with E-state index in [2.05, 4.69) is 45.1 Å². The molecule has 0 bridgehead atoms. The van der Waals surface area contributed by atoms with E-state index in [0.717, 1.165) is 17.4 Å². The van der Waals surface area contributed by atoms with Crippen LogP contribution in [0.1, 0.15) is 24.8 Å². The van der Waals surface area contributed by atoms with Crippen LogP contribution in [0, 0.1) is 0 Å². The van der Waals surface area contributed by atoms with Crippen LogP contribution in [0.4, 0.5) is 0 Å². The summed E-state index contributed by atoms with van der Waals surface area (Å²) in [5.74, 6) is 0. The molecule has 94 valence electrons. The minimum atomic E-state index is 0.252. The van der Waals surface area contributed by atoms with Crippen LogP contribution in [0.25, 0.3) is 0 Å². The normalized spacial score (nSPS) is 19.2. The number of benzene rings is 1. The summed E-state index contributed by atoms with van der Waals surface area (Å²) in [6.45, 7) is 3.49. The van der Waals surface area contributed by atoms with Crippen molar-refractivity contribution in [1.82, 2.24) is 4.90 Å². The van der Waals surface area contributed by atoms with Gasteiger partial charge in [0.2, 0.25) is 0 Å². The Morgan fingerprint density at radius 1 is 1.24 bits per heavy atom. The highest BCUT2D eigenvalue weighted by Gasteiger charge is 2.13. The van der Waals surface area contributed by atoms with Crippen molar-refractivity contribution < 1.29 is 0 Å². The molecule has 0 spiro atoms. The van der Waals surface area contributed by atoms with E-state index in [1.165, 1.54) is 37.9 Å². The maximum absolute atomic E-state index is 6.23. The highest BCUT2D eigenvalue weighted by molar-refractivity contribution is 9.10. The van der Waals surface area contributed by atoms with Crippen LogP contribution in [-0.4, -0.2) is 30.6 Å². The van der Waals surface area contributed by atoms with Gasteiger partial charge in [0.15, 0.2) is 0 Å². The molecule has 1 aliphatic rings. The molecule has 0 saturated carbocycles. The molecule has 1 aromatic carbocycles. The summed E-state index contributed by atoms with van der Waals surface area (Å²) >= 11 is 3.50. The van der Waals surface area contributed by atoms with Crippen molar-refractivity contribution in [2.75, 3.05) is 19.6 Å². The largest absolute Gasteiger partial charge is 0.326 e. The number of halogens is 1. The zero-order chi connectivity index (χ0) is 12.1. The molecule has 1 atom stereocenters. The summed E-state index contributed by atoms with van der Waals surface area (Å²) in [5.41, 5.74) is 7.55. The minimum absolute atomic E-state index is 0.252. The van der Waals surface area contributed by atoms with Gasteiger partial charge >= 0.3 is 0 Å². The van der Waals surface area contributed by atoms with Crippen LogP contribution in [0.3, 0.4) is 0 Å². The average Bonchev–Trinajstić information content (AvgIpc) is 2.30. The first-order valence-corrected chi connectivity index (χ1v) is 7.26. The summed E-state index contributed by atoms with van der Waals surface area (Å²) in [4.78, 5) is 2.51. The predicted molar refractivity (Wildman–Crippen MR) is 76.1 cm³/mol. The number of piperidine rings is 1. The Morgan fingerprint density at radius 2 is 2.00 bits per heavy atom. The standard InChI is InChI=1S/C14H21BrN2/c15-13-6-4-5-12(9-13)10-14(16)11-17-7-2-1-3-8-17/h4-6,9,14H,1-3,7-8,10-11,16H2. The molecule has 3 heteroatoms. The Kier molecular flexibility index (Phi) is 5.01. The molecule has 0 amide bonds. The van der Waals surface area contributed by atoms with Crippen LogP contribution in [0.2, 0.25) is 0 Å². The van der Waals surface area contributed by atoms with Crippen molar-refractivity contribution >= 4 is 15.9 Å². The average molecular weight is 297 g/mol. The van der Waals surface area contributed by atoms with Crippen molar-refractivity contribution in [2.45, 2.75) is 31.7 Å². The quantitative estimate of drug-likeness (QED) is 0.926. The van der Waals surface area contributed by atoms with Gasteiger partial charge in [0.1, 0.15) is 0 Å². The molecule has 2 rings (SSSR count). The van der Waals surface area contributed by atoms with Gasteiger partial charge in [-0.05, 0) is 50.0 Å². The lowest BCUT2D eigenvalue weighted by Crippen LogP contribution is -2.41. The number of nitrogens with two attached hydrogens (primary N) is 1. The van der Waals surface area contributed by atoms with E-state index in [0.29, 0.717) is 0 Å². The SMILES string of the molecule is NC(Cc1cccc(Br)c1)CN1CCCCC1. The molecule has 0 radical (unpaired) electrons. The molecule has 1 fully saturated rings. The second-order valence-corrected chi connectivity index (χ2v) is 5.87. The van der Waals surface area contributed by atoms with Crippen molar-refractivity contribution in [3.63, 3.8) is 0 Å². The second-order valence-electron chi connectivity index (χ2n) is 4.96. The van der Waals surface area contributed by atoms with Crippen LogP contribution in [-0.2, 0) is 6.42 Å². The molecule has 0 aliphatic carbocycles. The fourth-order valence-corrected chi connectivity index (χ4v) is 2.95. The van der Waals surface area contributed by atoms with Gasteiger partial charge in [-0.25, -0.2) is 0 Å². The summed E-state index contributed by atoms with van der Waals surface area (Å²) in [6.07, 6.45) is 5.03. The van der Waals surface area contributed by atoms with Gasteiger partial charge in [0, 0.05) is 17.1 Å². The molecular formula is C14H21BrN2. The lowest BCUT2D eigenvalue weighted by atomic mass is 10.0. The molecule has 1 aromatic rings. The molecule has 2 nitrogen and oxygen atoms in total. The summed E-state index contributed by atoms with van der Waals surface area (Å²) in [5, 5.41) is 0. The Balaban J connectivity index is 1.82. The first-order chi connectivity index (χ1) is 8.24. The van der Waals surface area contributed by atoms with E-state index < -0.39 is 0 Å². The van der Waals surface area contributed by atoms with Crippen molar-refractivity contribution in [1.29, 1.82) is 0 Å². The Bertz CT molecular complexity index is 348. The van der Waals surface area contributed by atoms with E-state index in [1.807, 2.05) is 0 Å². The third kappa shape index (κ3) is 4.41. The molecule has 1 unspecified atom stereocenters. The Hall–Kier alpha value is -0.380. The van der Waals surface area contributed by atoms with E-state index >= 15 is 0 Å². The number of rotatable bonds is 4. The maximum atomic E-state index is 6.23. The van der Waals surface area contributed by atoms with Crippen LogP contribution in [0.15, 0.2) is 28.7 Å². The molecule has 1 aliphatic heterocycles. The van der Waals surface area contributed by atoms with Crippen molar-refractivity contribution in [3.8, 4) is 0 Å². The third-order valence-corrected chi connectivity index (χ3v) is 3.82. The number of nitrogens with zero attached hydrogens (tertiary/aromatic N) is 1. The number of likely N-dealkylation sites (tertiary alicyclic amines) is 1. The lowest BCUT2D eigenvalue weighted by Gasteiger charge is -2.29. The van der Waals surface area contributed by atoms with Gasteiger partial charge in [-0.3, -0.25) is 0 Å². The molecule has 0 aromatic heterocycles. The first kappa shape index (κ1) is 13.1. The first-order valence-electron chi connectivity index (χ1n) is 6.46. The highest BCUT2D eigenvalue weighted by Crippen LogP contribution is 2.14. The van der Waals surface area contributed by atoms with Crippen molar-refractivity contribution in [3.05, 3.63) is 34.3 Å². The number of hydrogen-bond acceptors (Lipinski definition) is 2. The number of hydrogen-bond donors (Lipinski definition) is 1. The lowest BCUT2D eigenvalue weighted by molar-refractivity contribution is 0.215. The van der Waals surface area contributed by atoms with Crippen LogP contribution >= 0.6 is 15.9 Å². The fraction of sp³-hybridized carbons (Fsp3) is 0.571. The summed E-state index contributed by atoms with van der Waals surface area (Å²) < 4.78 is 1.14. The van der Waals surface area contributed by atoms with Gasteiger partial charge in [0.05, 0.1) is 0 Å². The molecular weight excluding hydrogens is 276 g/mol. The smallest absolute Gasteiger partial charge is 0.0208 e.